The van der Waals surface area contributed by atoms with Gasteiger partial charge in [-0.2, -0.15) is 0 Å². The number of sulfonamides is 1. The van der Waals surface area contributed by atoms with E-state index in [1.54, 1.807) is 6.07 Å². The summed E-state index contributed by atoms with van der Waals surface area (Å²) in [7, 11) is -2.76. The summed E-state index contributed by atoms with van der Waals surface area (Å²) >= 11 is 0. The first kappa shape index (κ1) is 21.1. The second-order valence-corrected chi connectivity index (χ2v) is 7.53. The number of ether oxygens (including phenoxy) is 2. The Balaban J connectivity index is 2.17. The highest BCUT2D eigenvalue weighted by Crippen LogP contribution is 2.27. The van der Waals surface area contributed by atoms with Gasteiger partial charge in [-0.05, 0) is 37.3 Å². The summed E-state index contributed by atoms with van der Waals surface area (Å²) in [6.45, 7) is 1.21. The van der Waals surface area contributed by atoms with Crippen LogP contribution in [-0.2, 0) is 20.4 Å². The molecule has 0 saturated heterocycles. The lowest BCUT2D eigenvalue weighted by atomic mass is 9.95. The van der Waals surface area contributed by atoms with Gasteiger partial charge in [0.2, 0.25) is 10.0 Å². The van der Waals surface area contributed by atoms with Crippen molar-refractivity contribution < 1.29 is 35.5 Å². The van der Waals surface area contributed by atoms with Gasteiger partial charge in [0, 0.05) is 19.2 Å². The van der Waals surface area contributed by atoms with Crippen LogP contribution in [0, 0.1) is 5.82 Å². The number of halogens is 4. The smallest absolute Gasteiger partial charge is 0.406 e. The number of methoxy groups -OCH3 is 1. The predicted molar refractivity (Wildman–Crippen MR) is 89.1 cm³/mol. The Kier molecular flexibility index (Phi) is 6.13. The molecule has 0 saturated carbocycles. The molecule has 0 aromatic heterocycles. The molecule has 0 aliphatic carbocycles. The van der Waals surface area contributed by atoms with Crippen LogP contribution in [0.4, 0.5) is 17.6 Å². The zero-order valence-electron chi connectivity index (χ0n) is 14.4. The Morgan fingerprint density at radius 3 is 2.15 bits per heavy atom. The summed E-state index contributed by atoms with van der Waals surface area (Å²) in [6.07, 6.45) is -4.88. The van der Waals surface area contributed by atoms with Crippen molar-refractivity contribution in [2.24, 2.45) is 0 Å². The zero-order valence-corrected chi connectivity index (χ0v) is 15.2. The van der Waals surface area contributed by atoms with Crippen LogP contribution < -0.4 is 9.46 Å². The van der Waals surface area contributed by atoms with Crippen LogP contribution in [-0.4, -0.2) is 28.4 Å². The molecular formula is C17H17F4NO4S. The average molecular weight is 407 g/mol. The van der Waals surface area contributed by atoms with Gasteiger partial charge in [-0.1, -0.05) is 18.2 Å². The Morgan fingerprint density at radius 2 is 1.63 bits per heavy atom. The summed E-state index contributed by atoms with van der Waals surface area (Å²) in [5.41, 5.74) is -1.14. The van der Waals surface area contributed by atoms with Crippen LogP contribution >= 0.6 is 0 Å². The predicted octanol–water partition coefficient (Wildman–Crippen LogP) is 3.56. The largest absolute Gasteiger partial charge is 0.573 e. The Morgan fingerprint density at radius 1 is 1.04 bits per heavy atom. The van der Waals surface area contributed by atoms with Gasteiger partial charge in [-0.15, -0.1) is 13.2 Å². The Hall–Kier alpha value is -2.17. The van der Waals surface area contributed by atoms with Crippen LogP contribution in [0.25, 0.3) is 0 Å². The van der Waals surface area contributed by atoms with Crippen LogP contribution in [0.3, 0.4) is 0 Å². The molecule has 2 aromatic carbocycles. The average Bonchev–Trinajstić information content (AvgIpc) is 2.59. The van der Waals surface area contributed by atoms with E-state index < -0.39 is 33.6 Å². The van der Waals surface area contributed by atoms with Crippen molar-refractivity contribution >= 4 is 10.0 Å². The molecule has 0 fully saturated rings. The molecular weight excluding hydrogens is 390 g/mol. The van der Waals surface area contributed by atoms with Gasteiger partial charge in [0.15, 0.2) is 0 Å². The minimum atomic E-state index is -4.88. The van der Waals surface area contributed by atoms with Crippen LogP contribution in [0.5, 0.6) is 5.75 Å². The molecule has 1 unspecified atom stereocenters. The van der Waals surface area contributed by atoms with E-state index in [2.05, 4.69) is 9.46 Å². The molecule has 0 radical (unpaired) electrons. The second kappa shape index (κ2) is 7.83. The van der Waals surface area contributed by atoms with E-state index >= 15 is 0 Å². The Labute approximate surface area is 154 Å². The second-order valence-electron chi connectivity index (χ2n) is 5.76. The van der Waals surface area contributed by atoms with E-state index in [1.165, 1.54) is 32.2 Å². The SMILES string of the molecule is COC(C)(CNS(=O)(=O)c1ccc(OC(F)(F)F)cc1)c1ccccc1F. The molecule has 1 N–H and O–H groups in total. The molecule has 148 valence electrons. The van der Waals surface area contributed by atoms with Crippen LogP contribution in [0.2, 0.25) is 0 Å². The molecule has 0 spiro atoms. The standard InChI is InChI=1S/C17H17F4NO4S/c1-16(25-2,14-5-3-4-6-15(14)18)11-22-27(23,24)13-9-7-12(8-10-13)26-17(19,20)21/h3-10,22H,11H2,1-2H3. The summed E-state index contributed by atoms with van der Waals surface area (Å²) in [4.78, 5) is -0.274. The van der Waals surface area contributed by atoms with Crippen molar-refractivity contribution in [2.75, 3.05) is 13.7 Å². The van der Waals surface area contributed by atoms with Gasteiger partial charge < -0.3 is 9.47 Å². The Bertz CT molecular complexity index is 885. The van der Waals surface area contributed by atoms with Gasteiger partial charge in [0.25, 0.3) is 0 Å². The quantitative estimate of drug-likeness (QED) is 0.713. The lowest BCUT2D eigenvalue weighted by molar-refractivity contribution is -0.274. The highest BCUT2D eigenvalue weighted by molar-refractivity contribution is 7.89. The summed E-state index contributed by atoms with van der Waals surface area (Å²) in [6, 6.07) is 9.47. The monoisotopic (exact) mass is 407 g/mol. The maximum Gasteiger partial charge on any atom is 0.573 e. The normalized spacial score (nSPS) is 14.6. The van der Waals surface area contributed by atoms with E-state index in [9.17, 15) is 26.0 Å². The van der Waals surface area contributed by atoms with Gasteiger partial charge in [-0.25, -0.2) is 17.5 Å². The first-order valence-corrected chi connectivity index (χ1v) is 9.11. The molecule has 0 aliphatic rings. The number of hydrogen-bond donors (Lipinski definition) is 1. The van der Waals surface area contributed by atoms with Crippen LogP contribution in [0.15, 0.2) is 53.4 Å². The molecule has 0 heterocycles. The molecule has 0 bridgehead atoms. The lowest BCUT2D eigenvalue weighted by Crippen LogP contribution is -2.40. The van der Waals surface area contributed by atoms with Crippen molar-refractivity contribution in [2.45, 2.75) is 23.8 Å². The van der Waals surface area contributed by atoms with E-state index in [-0.39, 0.29) is 17.0 Å². The summed E-state index contributed by atoms with van der Waals surface area (Å²) < 4.78 is 86.6. The molecule has 0 amide bonds. The van der Waals surface area contributed by atoms with Gasteiger partial charge in [0.1, 0.15) is 17.2 Å². The number of rotatable bonds is 7. The lowest BCUT2D eigenvalue weighted by Gasteiger charge is -2.29. The van der Waals surface area contributed by atoms with Gasteiger partial charge in [-0.3, -0.25) is 0 Å². The zero-order chi connectivity index (χ0) is 20.3. The van der Waals surface area contributed by atoms with Crippen molar-refractivity contribution in [3.63, 3.8) is 0 Å². The number of benzene rings is 2. The summed E-state index contributed by atoms with van der Waals surface area (Å²) in [5.74, 6) is -1.11. The maximum atomic E-state index is 14.0. The van der Waals surface area contributed by atoms with Crippen molar-refractivity contribution in [3.8, 4) is 5.75 Å². The third-order valence-electron chi connectivity index (χ3n) is 3.86. The van der Waals surface area contributed by atoms with E-state index in [1.807, 2.05) is 0 Å². The van der Waals surface area contributed by atoms with Crippen LogP contribution in [0.1, 0.15) is 12.5 Å². The van der Waals surface area contributed by atoms with Gasteiger partial charge >= 0.3 is 6.36 Å². The molecule has 1 atom stereocenters. The molecule has 2 rings (SSSR count). The number of nitrogens with one attached hydrogen (secondary N) is 1. The van der Waals surface area contributed by atoms with Gasteiger partial charge in [0.05, 0.1) is 4.90 Å². The van der Waals surface area contributed by atoms with Crippen molar-refractivity contribution in [1.82, 2.24) is 4.72 Å². The molecule has 10 heteroatoms. The molecule has 27 heavy (non-hydrogen) atoms. The minimum Gasteiger partial charge on any atom is -0.406 e. The van der Waals surface area contributed by atoms with Crippen molar-refractivity contribution in [3.05, 3.63) is 59.9 Å². The van der Waals surface area contributed by atoms with E-state index in [0.717, 1.165) is 24.3 Å². The third kappa shape index (κ3) is 5.41. The fraction of sp³-hybridized carbons (Fsp3) is 0.294. The summed E-state index contributed by atoms with van der Waals surface area (Å²) in [5, 5.41) is 0. The molecule has 0 aliphatic heterocycles. The molecule has 2 aromatic rings. The molecule has 5 nitrogen and oxygen atoms in total. The van der Waals surface area contributed by atoms with Crippen molar-refractivity contribution in [1.29, 1.82) is 0 Å². The first-order valence-electron chi connectivity index (χ1n) is 7.62. The fourth-order valence-electron chi connectivity index (χ4n) is 2.30. The highest BCUT2D eigenvalue weighted by Gasteiger charge is 2.32. The van der Waals surface area contributed by atoms with E-state index in [4.69, 9.17) is 4.74 Å². The number of alkyl halides is 3. The fourth-order valence-corrected chi connectivity index (χ4v) is 3.43. The third-order valence-corrected chi connectivity index (χ3v) is 5.28. The highest BCUT2D eigenvalue weighted by atomic mass is 32.2. The minimum absolute atomic E-state index is 0.157. The number of hydrogen-bond acceptors (Lipinski definition) is 4. The maximum absolute atomic E-state index is 14.0. The van der Waals surface area contributed by atoms with E-state index in [0.29, 0.717) is 0 Å². The first-order chi connectivity index (χ1) is 12.5. The topological polar surface area (TPSA) is 64.6 Å².